The molecule has 0 bridgehead atoms. The van der Waals surface area contributed by atoms with Gasteiger partial charge in [-0.2, -0.15) is 0 Å². The van der Waals surface area contributed by atoms with Crippen molar-refractivity contribution >= 4 is 17.9 Å². The predicted molar refractivity (Wildman–Crippen MR) is 298 cm³/mol. The lowest BCUT2D eigenvalue weighted by Crippen LogP contribution is -2.30. The normalized spacial score (nSPS) is 12.6. The number of esters is 3. The average Bonchev–Trinajstić information content (AvgIpc) is 3.35. The van der Waals surface area contributed by atoms with Crippen molar-refractivity contribution in [3.8, 4) is 0 Å². The van der Waals surface area contributed by atoms with E-state index in [4.69, 9.17) is 14.2 Å². The second kappa shape index (κ2) is 57.4. The zero-order valence-electron chi connectivity index (χ0n) is 45.6. The van der Waals surface area contributed by atoms with Crippen molar-refractivity contribution in [2.75, 3.05) is 13.2 Å². The highest BCUT2D eigenvalue weighted by atomic mass is 16.6. The van der Waals surface area contributed by atoms with Gasteiger partial charge < -0.3 is 14.2 Å². The van der Waals surface area contributed by atoms with Crippen LogP contribution in [-0.2, 0) is 28.6 Å². The highest BCUT2D eigenvalue weighted by Crippen LogP contribution is 2.16. The molecule has 0 radical (unpaired) electrons. The van der Waals surface area contributed by atoms with Gasteiger partial charge in [0.1, 0.15) is 13.2 Å². The number of ether oxygens (including phenoxy) is 3. The van der Waals surface area contributed by atoms with Crippen LogP contribution in [0.4, 0.5) is 0 Å². The van der Waals surface area contributed by atoms with Crippen molar-refractivity contribution in [2.24, 2.45) is 0 Å². The molecule has 0 aromatic rings. The van der Waals surface area contributed by atoms with Crippen LogP contribution in [0.1, 0.15) is 290 Å². The summed E-state index contributed by atoms with van der Waals surface area (Å²) in [6.45, 7) is 6.52. The number of rotatable bonds is 53. The number of hydrogen-bond donors (Lipinski definition) is 0. The van der Waals surface area contributed by atoms with Crippen LogP contribution in [0.15, 0.2) is 72.9 Å². The maximum atomic E-state index is 12.8. The van der Waals surface area contributed by atoms with Gasteiger partial charge in [0.2, 0.25) is 0 Å². The van der Waals surface area contributed by atoms with E-state index in [-0.39, 0.29) is 31.1 Å². The second-order valence-electron chi connectivity index (χ2n) is 19.5. The molecule has 0 rings (SSSR count). The third-order valence-corrected chi connectivity index (χ3v) is 12.7. The van der Waals surface area contributed by atoms with E-state index in [9.17, 15) is 14.4 Å². The van der Waals surface area contributed by atoms with E-state index in [1.165, 1.54) is 154 Å². The third kappa shape index (κ3) is 55.6. The molecule has 69 heavy (non-hydrogen) atoms. The first kappa shape index (κ1) is 65.8. The SMILES string of the molecule is CC/C=C\C/C=C\C/C=C\C/C=C\C/C=C\C/C=C\CCCCCCCCCCCCC(=O)OCC(COC(=O)CCCCCCCCCCCC)OC(=O)CCCCCCCCCCCCCC. The summed E-state index contributed by atoms with van der Waals surface area (Å²) in [4.78, 5) is 38.0. The van der Waals surface area contributed by atoms with E-state index in [1.807, 2.05) is 0 Å². The van der Waals surface area contributed by atoms with Crippen molar-refractivity contribution in [2.45, 2.75) is 297 Å². The van der Waals surface area contributed by atoms with Crippen LogP contribution in [0.25, 0.3) is 0 Å². The van der Waals surface area contributed by atoms with Crippen LogP contribution in [0.2, 0.25) is 0 Å². The Hall–Kier alpha value is -3.15. The molecule has 0 aromatic carbocycles. The minimum Gasteiger partial charge on any atom is -0.462 e. The maximum absolute atomic E-state index is 12.8. The van der Waals surface area contributed by atoms with Crippen LogP contribution >= 0.6 is 0 Å². The minimum atomic E-state index is -0.771. The molecule has 398 valence electrons. The fourth-order valence-corrected chi connectivity index (χ4v) is 8.33. The van der Waals surface area contributed by atoms with Gasteiger partial charge in [-0.25, -0.2) is 0 Å². The fraction of sp³-hybridized carbons (Fsp3) is 0.762. The third-order valence-electron chi connectivity index (χ3n) is 12.7. The monoisotopic (exact) mass is 963 g/mol. The summed E-state index contributed by atoms with van der Waals surface area (Å²) in [6, 6.07) is 0. The summed E-state index contributed by atoms with van der Waals surface area (Å²) in [5.74, 6) is -0.868. The number of carbonyl (C=O) groups is 3. The van der Waals surface area contributed by atoms with E-state index in [0.717, 1.165) is 96.3 Å². The quantitative estimate of drug-likeness (QED) is 0.0262. The Labute approximate surface area is 427 Å². The first-order valence-corrected chi connectivity index (χ1v) is 29.4. The van der Waals surface area contributed by atoms with E-state index in [2.05, 4.69) is 93.7 Å². The maximum Gasteiger partial charge on any atom is 0.306 e. The zero-order chi connectivity index (χ0) is 50.0. The highest BCUT2D eigenvalue weighted by molar-refractivity contribution is 5.71. The lowest BCUT2D eigenvalue weighted by atomic mass is 10.0. The molecule has 0 aliphatic heterocycles. The Morgan fingerprint density at radius 3 is 0.884 bits per heavy atom. The lowest BCUT2D eigenvalue weighted by molar-refractivity contribution is -0.167. The molecule has 1 atom stereocenters. The molecular formula is C63H110O6. The van der Waals surface area contributed by atoms with E-state index in [0.29, 0.717) is 19.3 Å². The standard InChI is InChI=1S/C63H110O6/c1-4-7-10-13-16-19-22-24-25-26-27-28-29-30-31-32-33-34-35-36-37-38-39-40-42-44-47-50-53-56-62(65)68-59-60(58-67-61(64)55-52-49-46-43-21-18-15-12-9-6-3)69-63(66)57-54-51-48-45-41-23-20-17-14-11-8-5-2/h7,10,16,19,24-25,27-28,30-31,33-34,60H,4-6,8-9,11-15,17-18,20-23,26,29,32,35-59H2,1-3H3/b10-7-,19-16-,25-24-,28-27-,31-30-,34-33-. The Bertz CT molecular complexity index is 1290. The van der Waals surface area contributed by atoms with Gasteiger partial charge in [0.05, 0.1) is 0 Å². The second-order valence-corrected chi connectivity index (χ2v) is 19.5. The Kier molecular flexibility index (Phi) is 54.8. The molecule has 0 N–H and O–H groups in total. The summed E-state index contributed by atoms with van der Waals surface area (Å²) in [5, 5.41) is 0. The van der Waals surface area contributed by atoms with Crippen molar-refractivity contribution in [3.05, 3.63) is 72.9 Å². The van der Waals surface area contributed by atoms with Crippen molar-refractivity contribution < 1.29 is 28.6 Å². The minimum absolute atomic E-state index is 0.0719. The van der Waals surface area contributed by atoms with Crippen LogP contribution in [0.3, 0.4) is 0 Å². The molecule has 0 aliphatic carbocycles. The largest absolute Gasteiger partial charge is 0.462 e. The molecule has 0 aromatic heterocycles. The predicted octanol–water partition coefficient (Wildman–Crippen LogP) is 19.8. The van der Waals surface area contributed by atoms with Crippen LogP contribution in [-0.4, -0.2) is 37.2 Å². The summed E-state index contributed by atoms with van der Waals surface area (Å²) in [6.07, 6.45) is 73.3. The molecular weight excluding hydrogens is 853 g/mol. The summed E-state index contributed by atoms with van der Waals surface area (Å²) in [5.41, 5.74) is 0. The van der Waals surface area contributed by atoms with Gasteiger partial charge in [0.25, 0.3) is 0 Å². The average molecular weight is 964 g/mol. The van der Waals surface area contributed by atoms with E-state index < -0.39 is 6.10 Å². The van der Waals surface area contributed by atoms with Gasteiger partial charge in [0, 0.05) is 19.3 Å². The molecule has 0 saturated carbocycles. The molecule has 6 heteroatoms. The van der Waals surface area contributed by atoms with Gasteiger partial charge in [0.15, 0.2) is 6.10 Å². The Morgan fingerprint density at radius 2 is 0.565 bits per heavy atom. The van der Waals surface area contributed by atoms with Crippen LogP contribution < -0.4 is 0 Å². The fourth-order valence-electron chi connectivity index (χ4n) is 8.33. The molecule has 0 fully saturated rings. The first-order valence-electron chi connectivity index (χ1n) is 29.4. The molecule has 6 nitrogen and oxygen atoms in total. The van der Waals surface area contributed by atoms with Gasteiger partial charge in [-0.1, -0.05) is 273 Å². The van der Waals surface area contributed by atoms with E-state index >= 15 is 0 Å². The van der Waals surface area contributed by atoms with Gasteiger partial charge >= 0.3 is 17.9 Å². The molecule has 0 heterocycles. The zero-order valence-corrected chi connectivity index (χ0v) is 45.6. The molecule has 0 spiro atoms. The molecule has 1 unspecified atom stereocenters. The molecule has 0 saturated heterocycles. The highest BCUT2D eigenvalue weighted by Gasteiger charge is 2.19. The summed E-state index contributed by atoms with van der Waals surface area (Å²) >= 11 is 0. The van der Waals surface area contributed by atoms with Gasteiger partial charge in [-0.3, -0.25) is 14.4 Å². The van der Waals surface area contributed by atoms with Gasteiger partial charge in [-0.15, -0.1) is 0 Å². The number of hydrogen-bond acceptors (Lipinski definition) is 6. The smallest absolute Gasteiger partial charge is 0.306 e. The van der Waals surface area contributed by atoms with E-state index in [1.54, 1.807) is 0 Å². The van der Waals surface area contributed by atoms with Crippen molar-refractivity contribution in [1.29, 1.82) is 0 Å². The van der Waals surface area contributed by atoms with Crippen molar-refractivity contribution in [3.63, 3.8) is 0 Å². The first-order chi connectivity index (χ1) is 34.0. The van der Waals surface area contributed by atoms with Gasteiger partial charge in [-0.05, 0) is 70.6 Å². The molecule has 0 amide bonds. The Morgan fingerprint density at radius 1 is 0.304 bits per heavy atom. The topological polar surface area (TPSA) is 78.9 Å². The number of allylic oxidation sites excluding steroid dienone is 12. The number of carbonyl (C=O) groups excluding carboxylic acids is 3. The van der Waals surface area contributed by atoms with Crippen LogP contribution in [0.5, 0.6) is 0 Å². The summed E-state index contributed by atoms with van der Waals surface area (Å²) < 4.78 is 16.8. The lowest BCUT2D eigenvalue weighted by Gasteiger charge is -2.18. The van der Waals surface area contributed by atoms with Crippen molar-refractivity contribution in [1.82, 2.24) is 0 Å². The molecule has 0 aliphatic rings. The Balaban J connectivity index is 4.16. The number of unbranched alkanes of at least 4 members (excludes halogenated alkanes) is 30. The van der Waals surface area contributed by atoms with Crippen LogP contribution in [0, 0.1) is 0 Å². The summed E-state index contributed by atoms with van der Waals surface area (Å²) in [7, 11) is 0.